The molecular formula is C84H111N9O23. The van der Waals surface area contributed by atoms with Crippen LogP contribution in [0.4, 0.5) is 21.9 Å². The Kier molecular flexibility index (Phi) is 36.5. The van der Waals surface area contributed by atoms with Crippen LogP contribution in [-0.4, -0.2) is 256 Å². The number of amides is 9. The lowest BCUT2D eigenvalue weighted by atomic mass is 9.94. The minimum atomic E-state index is -1.53. The first-order valence-corrected chi connectivity index (χ1v) is 39.5. The summed E-state index contributed by atoms with van der Waals surface area (Å²) in [5, 5.41) is 22.9. The van der Waals surface area contributed by atoms with Crippen LogP contribution in [0.2, 0.25) is 0 Å². The van der Waals surface area contributed by atoms with Gasteiger partial charge < -0.3 is 97.8 Å². The zero-order valence-corrected chi connectivity index (χ0v) is 67.3. The highest BCUT2D eigenvalue weighted by atomic mass is 16.6. The van der Waals surface area contributed by atoms with Crippen LogP contribution in [-0.2, 0) is 78.0 Å². The van der Waals surface area contributed by atoms with Crippen LogP contribution in [0.5, 0.6) is 23.0 Å². The molecule has 630 valence electrons. The fourth-order valence-corrected chi connectivity index (χ4v) is 13.3. The van der Waals surface area contributed by atoms with E-state index in [0.29, 0.717) is 152 Å². The van der Waals surface area contributed by atoms with Crippen LogP contribution in [0.3, 0.4) is 0 Å². The lowest BCUT2D eigenvalue weighted by Crippen LogP contribution is -2.53. The van der Waals surface area contributed by atoms with Crippen LogP contribution < -0.4 is 45.1 Å². The van der Waals surface area contributed by atoms with Crippen molar-refractivity contribution < 1.29 is 110 Å². The van der Waals surface area contributed by atoms with Crippen LogP contribution in [0.1, 0.15) is 119 Å². The van der Waals surface area contributed by atoms with Crippen molar-refractivity contribution in [2.24, 2.45) is 16.8 Å². The zero-order chi connectivity index (χ0) is 82.7. The molecule has 1 fully saturated rings. The molecule has 1 unspecified atom stereocenters. The monoisotopic (exact) mass is 1610 g/mol. The zero-order valence-electron chi connectivity index (χ0n) is 67.3. The second-order valence-corrected chi connectivity index (χ2v) is 28.6. The Labute approximate surface area is 676 Å². The number of anilines is 2. The van der Waals surface area contributed by atoms with Crippen LogP contribution in [0.25, 0.3) is 0 Å². The highest BCUT2D eigenvalue weighted by molar-refractivity contribution is 6.08. The molecule has 6 aliphatic rings. The van der Waals surface area contributed by atoms with Gasteiger partial charge in [-0.15, -0.1) is 0 Å². The van der Waals surface area contributed by atoms with E-state index in [9.17, 15) is 48.3 Å². The molecule has 1 saturated heterocycles. The first-order chi connectivity index (χ1) is 56.2. The summed E-state index contributed by atoms with van der Waals surface area (Å²) >= 11 is 0. The van der Waals surface area contributed by atoms with Gasteiger partial charge in [0.15, 0.2) is 29.2 Å². The van der Waals surface area contributed by atoms with Crippen molar-refractivity contribution in [3.05, 3.63) is 137 Å². The molecular weight excluding hydrogens is 1500 g/mol. The first kappa shape index (κ1) is 89.8. The van der Waals surface area contributed by atoms with Gasteiger partial charge in [0, 0.05) is 68.8 Å². The van der Waals surface area contributed by atoms with Crippen molar-refractivity contribution in [3.8, 4) is 23.0 Å². The number of aliphatic hydroxyl groups excluding tert-OH is 1. The summed E-state index contributed by atoms with van der Waals surface area (Å²) in [6.07, 6.45) is 19.7. The minimum absolute atomic E-state index is 0.0164. The molecule has 5 N–H and O–H groups in total. The maximum atomic E-state index is 14.3. The number of benzene rings is 3. The number of carbonyl (C=O) groups excluding carboxylic acids is 9. The highest BCUT2D eigenvalue weighted by Crippen LogP contribution is 2.43. The van der Waals surface area contributed by atoms with Gasteiger partial charge in [0.2, 0.25) is 35.4 Å². The summed E-state index contributed by atoms with van der Waals surface area (Å²) in [7, 11) is 2.96. The predicted octanol–water partition coefficient (Wildman–Crippen LogP) is 7.75. The van der Waals surface area contributed by atoms with E-state index in [1.54, 1.807) is 67.6 Å². The number of likely N-dealkylation sites (tertiary alicyclic amines) is 1. The molecule has 32 heteroatoms. The Morgan fingerprint density at radius 2 is 1.14 bits per heavy atom. The molecule has 0 aromatic heterocycles. The lowest BCUT2D eigenvalue weighted by Gasteiger charge is -2.31. The maximum absolute atomic E-state index is 14.3. The number of aliphatic hydroxyl groups is 1. The Morgan fingerprint density at radius 3 is 1.76 bits per heavy atom. The molecule has 0 bridgehead atoms. The molecule has 0 saturated carbocycles. The Hall–Kier alpha value is -10.2. The fraction of sp³-hybridized carbons (Fsp3) is 0.524. The summed E-state index contributed by atoms with van der Waals surface area (Å²) in [4.78, 5) is 130. The van der Waals surface area contributed by atoms with Gasteiger partial charge in [0.05, 0.1) is 174 Å². The van der Waals surface area contributed by atoms with Gasteiger partial charge in [-0.25, -0.2) is 9.69 Å². The Morgan fingerprint density at radius 1 is 0.578 bits per heavy atom. The van der Waals surface area contributed by atoms with Crippen molar-refractivity contribution in [2.75, 3.05) is 156 Å². The number of allylic oxidation sites excluding steroid dienone is 7. The third kappa shape index (κ3) is 27.0. The van der Waals surface area contributed by atoms with Crippen molar-refractivity contribution in [2.45, 2.75) is 129 Å². The average Bonchev–Trinajstić information content (AvgIpc) is 1.58. The van der Waals surface area contributed by atoms with Crippen molar-refractivity contribution in [1.29, 1.82) is 0 Å². The van der Waals surface area contributed by atoms with E-state index in [-0.39, 0.29) is 130 Å². The first-order valence-electron chi connectivity index (χ1n) is 39.5. The number of hydrogen-bond donors (Lipinski definition) is 5. The number of carbonyl (C=O) groups is 9. The Balaban J connectivity index is 0.569. The molecule has 3 aromatic carbocycles. The molecule has 32 nitrogen and oxygen atoms in total. The second-order valence-electron chi connectivity index (χ2n) is 28.6. The number of nitrogens with zero attached hydrogens (tertiary/aromatic N) is 5. The van der Waals surface area contributed by atoms with Gasteiger partial charge in [-0.3, -0.25) is 48.2 Å². The van der Waals surface area contributed by atoms with Crippen LogP contribution >= 0.6 is 0 Å². The van der Waals surface area contributed by atoms with E-state index in [0.717, 1.165) is 28.0 Å². The van der Waals surface area contributed by atoms with Crippen molar-refractivity contribution in [1.82, 2.24) is 30.7 Å². The summed E-state index contributed by atoms with van der Waals surface area (Å²) in [6.45, 7) is 14.9. The number of nitrogens with one attached hydrogen (secondary N) is 4. The Bertz CT molecular complexity index is 4060. The fourth-order valence-electron chi connectivity index (χ4n) is 13.3. The number of aliphatic imine (C=N–C) groups is 1. The predicted molar refractivity (Wildman–Crippen MR) is 428 cm³/mol. The largest absolute Gasteiger partial charge is 0.493 e. The summed E-state index contributed by atoms with van der Waals surface area (Å²) in [5.74, 6) is -2.38. The third-order valence-corrected chi connectivity index (χ3v) is 19.5. The SMILES string of the molecule is COc1cc2c(cc1OCCCCCOc1cc3c(cc1OC)C(=O)N1C=C(C)C[C@H]1[C@H](O)N3C(=O)OCc1ccc(NC(=O)[C@H](C)NC(=O)[C@@H](NC(=O)CCOCCOCCOCCOCCOCCOCCOCCOCCNC(=O)CCN3C(=O)CC(/C4=C/C=C\C=C/C=C\C4)C3=O)C(C)C)cc1)N=C[C@@H]1CC(C)=CN1C2=O. The van der Waals surface area contributed by atoms with E-state index in [4.69, 9.17) is 61.6 Å². The lowest BCUT2D eigenvalue weighted by molar-refractivity contribution is -0.139. The quantitative estimate of drug-likeness (QED) is 0.0266. The molecule has 1 aliphatic carbocycles. The number of ether oxygens (including phenoxy) is 13. The standard InChI is InChI=1S/C84H111N9O23/c1-56(2)77(89-75(95)24-29-106-31-33-108-35-37-110-39-41-112-43-44-113-42-40-111-38-36-109-34-32-107-30-25-85-74(94)23-26-90-76(96)49-64(80(90)99)61-17-13-10-8-9-11-14-18-61)79(98)87-59(5)78(97)88-62-21-19-60(20-22-62)55-116-84(103)93-68-51-73(71(105-7)48-66(68)82(101)92-54-58(4)46-69(92)83(93)102)115-28-16-12-15-27-114-72-50-67-65(47-70(72)104-6)81(100)91-53-57(3)45-63(91)52-86-67/h8-11,13-14,17,19-22,47-48,50-54,56,59,63-64,69,77,83,102H,12,15-16,18,23-46,49,55H2,1-7H3,(H,85,94)(H,87,98)(H,88,97)(H,89,95)/b9-8-,13-10-,14-11-,61-17+/t59-,63-,64?,69-,77-,83-/m0/s1. The maximum Gasteiger partial charge on any atom is 0.416 e. The molecule has 0 spiro atoms. The number of rotatable bonds is 49. The smallest absolute Gasteiger partial charge is 0.416 e. The number of imide groups is 1. The molecule has 5 aliphatic heterocycles. The van der Waals surface area contributed by atoms with Gasteiger partial charge in [-0.05, 0) is 95.0 Å². The summed E-state index contributed by atoms with van der Waals surface area (Å²) in [5.41, 5.74) is 4.79. The number of methoxy groups -OCH3 is 2. The highest BCUT2D eigenvalue weighted by Gasteiger charge is 2.46. The third-order valence-electron chi connectivity index (χ3n) is 19.5. The minimum Gasteiger partial charge on any atom is -0.493 e. The molecule has 116 heavy (non-hydrogen) atoms. The van der Waals surface area contributed by atoms with Gasteiger partial charge in [-0.1, -0.05) is 85.2 Å². The van der Waals surface area contributed by atoms with E-state index in [1.165, 1.54) is 43.1 Å². The van der Waals surface area contributed by atoms with E-state index >= 15 is 0 Å². The second kappa shape index (κ2) is 47.2. The van der Waals surface area contributed by atoms with Gasteiger partial charge in [0.25, 0.3) is 11.8 Å². The van der Waals surface area contributed by atoms with Crippen LogP contribution in [0.15, 0.2) is 125 Å². The van der Waals surface area contributed by atoms with E-state index < -0.39 is 60.0 Å². The molecule has 9 rings (SSSR count). The van der Waals surface area contributed by atoms with E-state index in [1.807, 2.05) is 62.6 Å². The van der Waals surface area contributed by atoms with Gasteiger partial charge >= 0.3 is 6.09 Å². The molecule has 5 heterocycles. The molecule has 3 aromatic rings. The van der Waals surface area contributed by atoms with Crippen molar-refractivity contribution in [3.63, 3.8) is 0 Å². The van der Waals surface area contributed by atoms with E-state index in [2.05, 4.69) is 26.3 Å². The number of hydrogen-bond acceptors (Lipinski definition) is 24. The van der Waals surface area contributed by atoms with Crippen LogP contribution in [0, 0.1) is 11.8 Å². The normalized spacial score (nSPS) is 19.3. The summed E-state index contributed by atoms with van der Waals surface area (Å²) < 4.78 is 73.9. The molecule has 6 atom stereocenters. The average molecular weight is 1610 g/mol. The van der Waals surface area contributed by atoms with Gasteiger partial charge in [0.1, 0.15) is 18.7 Å². The number of fused-ring (bicyclic) bond motifs is 4. The molecule has 9 amide bonds. The molecule has 0 radical (unpaired) electrons. The van der Waals surface area contributed by atoms with Gasteiger partial charge in [-0.2, -0.15) is 0 Å². The van der Waals surface area contributed by atoms with Crippen molar-refractivity contribution >= 4 is 76.6 Å². The summed E-state index contributed by atoms with van der Waals surface area (Å²) in [6, 6.07) is 9.93. The number of unbranched alkanes of at least 4 members (excludes halogenated alkanes) is 2. The topological polar surface area (TPSA) is 367 Å².